The van der Waals surface area contributed by atoms with E-state index in [1.54, 1.807) is 24.0 Å². The van der Waals surface area contributed by atoms with Crippen LogP contribution in [0.25, 0.3) is 0 Å². The van der Waals surface area contributed by atoms with E-state index in [0.717, 1.165) is 10.0 Å². The Morgan fingerprint density at radius 3 is 2.55 bits per heavy atom. The molecular weight excluding hydrogens is 503 g/mol. The van der Waals surface area contributed by atoms with Crippen molar-refractivity contribution in [3.63, 3.8) is 0 Å². The Labute approximate surface area is 201 Å². The van der Waals surface area contributed by atoms with E-state index in [4.69, 9.17) is 11.6 Å². The van der Waals surface area contributed by atoms with Crippen molar-refractivity contribution in [1.29, 1.82) is 0 Å². The summed E-state index contributed by atoms with van der Waals surface area (Å²) in [6.45, 7) is 6.60. The van der Waals surface area contributed by atoms with Crippen molar-refractivity contribution in [2.75, 3.05) is 12.3 Å². The fourth-order valence-corrected chi connectivity index (χ4v) is 4.56. The normalized spacial score (nSPS) is 12.0. The zero-order valence-electron chi connectivity index (χ0n) is 17.8. The minimum Gasteiger partial charge on any atom is -0.354 e. The summed E-state index contributed by atoms with van der Waals surface area (Å²) in [6.07, 6.45) is 0. The standard InChI is InChI=1S/C23H27BrClFN2O2S/c1-15(2)11-27-23(30)16(3)28(12-17-6-4-7-18(24)10-17)22(29)14-31-13-19-20(25)8-5-9-21(19)26/h4-10,15-16H,11-14H2,1-3H3,(H,27,30). The summed E-state index contributed by atoms with van der Waals surface area (Å²) in [6, 6.07) is 11.5. The van der Waals surface area contributed by atoms with Crippen molar-refractivity contribution in [2.24, 2.45) is 5.92 Å². The molecule has 1 unspecified atom stereocenters. The van der Waals surface area contributed by atoms with Crippen molar-refractivity contribution in [3.05, 3.63) is 68.9 Å². The van der Waals surface area contributed by atoms with Crippen molar-refractivity contribution in [2.45, 2.75) is 39.1 Å². The second-order valence-corrected chi connectivity index (χ2v) is 9.97. The summed E-state index contributed by atoms with van der Waals surface area (Å²) >= 11 is 10.8. The zero-order chi connectivity index (χ0) is 23.0. The Morgan fingerprint density at radius 1 is 1.19 bits per heavy atom. The third-order valence-electron chi connectivity index (χ3n) is 4.63. The monoisotopic (exact) mass is 528 g/mol. The third-order valence-corrected chi connectivity index (χ3v) is 6.42. The number of nitrogens with zero attached hydrogens (tertiary/aromatic N) is 1. The molecule has 1 N–H and O–H groups in total. The molecule has 4 nitrogen and oxygen atoms in total. The molecule has 0 aliphatic carbocycles. The van der Waals surface area contributed by atoms with Gasteiger partial charge in [-0.1, -0.05) is 59.6 Å². The number of carbonyl (C=O) groups is 2. The minimum atomic E-state index is -0.636. The van der Waals surface area contributed by atoms with Crippen molar-refractivity contribution >= 4 is 51.1 Å². The van der Waals surface area contributed by atoms with Gasteiger partial charge in [0.05, 0.1) is 5.75 Å². The first kappa shape index (κ1) is 25.7. The van der Waals surface area contributed by atoms with Crippen LogP contribution in [0.4, 0.5) is 4.39 Å². The van der Waals surface area contributed by atoms with E-state index >= 15 is 0 Å². The molecule has 2 aromatic carbocycles. The van der Waals surface area contributed by atoms with Gasteiger partial charge in [-0.2, -0.15) is 0 Å². The molecule has 2 rings (SSSR count). The van der Waals surface area contributed by atoms with Gasteiger partial charge in [-0.05, 0) is 42.7 Å². The van der Waals surface area contributed by atoms with E-state index in [2.05, 4.69) is 21.2 Å². The molecule has 168 valence electrons. The van der Waals surface area contributed by atoms with Gasteiger partial charge in [0.1, 0.15) is 11.9 Å². The van der Waals surface area contributed by atoms with Gasteiger partial charge in [-0.3, -0.25) is 9.59 Å². The molecular formula is C23H27BrClFN2O2S. The fraction of sp³-hybridized carbons (Fsp3) is 0.391. The molecule has 0 aromatic heterocycles. The predicted molar refractivity (Wildman–Crippen MR) is 130 cm³/mol. The molecule has 0 aliphatic rings. The van der Waals surface area contributed by atoms with Crippen LogP contribution in [0.1, 0.15) is 31.9 Å². The van der Waals surface area contributed by atoms with Crippen LogP contribution in [0, 0.1) is 11.7 Å². The van der Waals surface area contributed by atoms with Gasteiger partial charge in [0, 0.05) is 33.9 Å². The number of hydrogen-bond acceptors (Lipinski definition) is 3. The first-order valence-corrected chi connectivity index (χ1v) is 12.3. The number of amides is 2. The summed E-state index contributed by atoms with van der Waals surface area (Å²) in [5.74, 6) is -0.0775. The maximum absolute atomic E-state index is 14.0. The van der Waals surface area contributed by atoms with E-state index in [0.29, 0.717) is 29.6 Å². The Morgan fingerprint density at radius 2 is 1.90 bits per heavy atom. The van der Waals surface area contributed by atoms with Gasteiger partial charge < -0.3 is 10.2 Å². The third kappa shape index (κ3) is 8.13. The van der Waals surface area contributed by atoms with Gasteiger partial charge in [0.25, 0.3) is 0 Å². The number of thioether (sulfide) groups is 1. The van der Waals surface area contributed by atoms with Gasteiger partial charge in [0.15, 0.2) is 0 Å². The number of hydrogen-bond donors (Lipinski definition) is 1. The maximum atomic E-state index is 14.0. The maximum Gasteiger partial charge on any atom is 0.242 e. The van der Waals surface area contributed by atoms with Crippen molar-refractivity contribution in [3.8, 4) is 0 Å². The minimum absolute atomic E-state index is 0.112. The second-order valence-electron chi connectivity index (χ2n) is 7.66. The molecule has 0 bridgehead atoms. The zero-order valence-corrected chi connectivity index (χ0v) is 21.0. The SMILES string of the molecule is CC(C)CNC(=O)C(C)N(Cc1cccc(Br)c1)C(=O)CSCc1c(F)cccc1Cl. The fourth-order valence-electron chi connectivity index (χ4n) is 2.86. The lowest BCUT2D eigenvalue weighted by Gasteiger charge is -2.29. The first-order chi connectivity index (χ1) is 14.7. The van der Waals surface area contributed by atoms with Crippen molar-refractivity contribution < 1.29 is 14.0 Å². The van der Waals surface area contributed by atoms with Crippen LogP contribution in [0.15, 0.2) is 46.9 Å². The number of nitrogens with one attached hydrogen (secondary N) is 1. The van der Waals surface area contributed by atoms with Crippen LogP contribution in [-0.4, -0.2) is 35.1 Å². The number of benzene rings is 2. The topological polar surface area (TPSA) is 49.4 Å². The van der Waals surface area contributed by atoms with Crippen LogP contribution in [0.3, 0.4) is 0 Å². The Balaban J connectivity index is 2.10. The Hall–Kier alpha value is -1.57. The predicted octanol–water partition coefficient (Wildman–Crippen LogP) is 5.66. The molecule has 0 heterocycles. The van der Waals surface area contributed by atoms with Crippen LogP contribution >= 0.6 is 39.3 Å². The second kappa shape index (κ2) is 12.5. The lowest BCUT2D eigenvalue weighted by Crippen LogP contribution is -2.48. The van der Waals surface area contributed by atoms with E-state index < -0.39 is 6.04 Å². The van der Waals surface area contributed by atoms with Crippen LogP contribution in [0.5, 0.6) is 0 Å². The van der Waals surface area contributed by atoms with E-state index in [-0.39, 0.29) is 29.1 Å². The molecule has 0 saturated heterocycles. The first-order valence-electron chi connectivity index (χ1n) is 10.0. The largest absolute Gasteiger partial charge is 0.354 e. The van der Waals surface area contributed by atoms with Crippen LogP contribution in [-0.2, 0) is 21.9 Å². The summed E-state index contributed by atoms with van der Waals surface area (Å²) in [4.78, 5) is 27.3. The average molecular weight is 530 g/mol. The van der Waals surface area contributed by atoms with Crippen LogP contribution < -0.4 is 5.32 Å². The molecule has 31 heavy (non-hydrogen) atoms. The van der Waals surface area contributed by atoms with E-state index in [9.17, 15) is 14.0 Å². The van der Waals surface area contributed by atoms with Crippen molar-refractivity contribution in [1.82, 2.24) is 10.2 Å². The quantitative estimate of drug-likeness (QED) is 0.432. The van der Waals surface area contributed by atoms with Gasteiger partial charge >= 0.3 is 0 Å². The number of rotatable bonds is 10. The lowest BCUT2D eigenvalue weighted by molar-refractivity contribution is -0.138. The van der Waals surface area contributed by atoms with Crippen LogP contribution in [0.2, 0.25) is 5.02 Å². The number of carbonyl (C=O) groups excluding carboxylic acids is 2. The molecule has 2 amide bonds. The smallest absolute Gasteiger partial charge is 0.242 e. The summed E-state index contributed by atoms with van der Waals surface area (Å²) in [7, 11) is 0. The number of halogens is 3. The summed E-state index contributed by atoms with van der Waals surface area (Å²) < 4.78 is 14.9. The molecule has 8 heteroatoms. The summed E-state index contributed by atoms with van der Waals surface area (Å²) in [5.41, 5.74) is 1.29. The highest BCUT2D eigenvalue weighted by Crippen LogP contribution is 2.24. The van der Waals surface area contributed by atoms with E-state index in [1.165, 1.54) is 17.8 Å². The molecule has 0 fully saturated rings. The average Bonchev–Trinajstić information content (AvgIpc) is 2.71. The molecule has 2 aromatic rings. The lowest BCUT2D eigenvalue weighted by atomic mass is 10.1. The van der Waals surface area contributed by atoms with Gasteiger partial charge in [-0.25, -0.2) is 4.39 Å². The molecule has 1 atom stereocenters. The van der Waals surface area contributed by atoms with Gasteiger partial charge in [-0.15, -0.1) is 11.8 Å². The molecule has 0 aliphatic heterocycles. The Bertz CT molecular complexity index is 893. The summed E-state index contributed by atoms with van der Waals surface area (Å²) in [5, 5.41) is 3.24. The highest BCUT2D eigenvalue weighted by molar-refractivity contribution is 9.10. The molecule has 0 spiro atoms. The highest BCUT2D eigenvalue weighted by atomic mass is 79.9. The van der Waals surface area contributed by atoms with Gasteiger partial charge in [0.2, 0.25) is 11.8 Å². The molecule has 0 radical (unpaired) electrons. The van der Waals surface area contributed by atoms with E-state index in [1.807, 2.05) is 38.1 Å². The highest BCUT2D eigenvalue weighted by Gasteiger charge is 2.26. The molecule has 0 saturated carbocycles. The Kier molecular flexibility index (Phi) is 10.3.